The van der Waals surface area contributed by atoms with Gasteiger partial charge in [0.2, 0.25) is 0 Å². The van der Waals surface area contributed by atoms with Crippen molar-refractivity contribution in [1.82, 2.24) is 0 Å². The van der Waals surface area contributed by atoms with Crippen molar-refractivity contribution in [3.63, 3.8) is 0 Å². The molecule has 0 aliphatic rings. The first-order valence-electron chi connectivity index (χ1n) is 4.44. The molecule has 0 radical (unpaired) electrons. The van der Waals surface area contributed by atoms with Crippen molar-refractivity contribution in [2.75, 3.05) is 0 Å². The second-order valence-electron chi connectivity index (χ2n) is 3.38. The number of carbonyl (C=O) groups excluding carboxylic acids is 1. The van der Waals surface area contributed by atoms with Gasteiger partial charge < -0.3 is 0 Å². The molecular formula is C10H5ClF6O. The van der Waals surface area contributed by atoms with Crippen LogP contribution < -0.4 is 0 Å². The first kappa shape index (κ1) is 14.8. The van der Waals surface area contributed by atoms with Crippen LogP contribution in [0.2, 0.25) is 5.02 Å². The minimum absolute atomic E-state index is 0.0636. The van der Waals surface area contributed by atoms with Crippen molar-refractivity contribution in [3.05, 3.63) is 34.3 Å². The Hall–Kier alpha value is -1.24. The van der Waals surface area contributed by atoms with Crippen LogP contribution in [0.25, 0.3) is 0 Å². The molecule has 1 unspecified atom stereocenters. The minimum Gasteiger partial charge on any atom is -0.298 e. The van der Waals surface area contributed by atoms with Gasteiger partial charge in [-0.3, -0.25) is 4.79 Å². The van der Waals surface area contributed by atoms with E-state index in [1.807, 2.05) is 0 Å². The van der Waals surface area contributed by atoms with E-state index in [1.165, 1.54) is 0 Å². The highest BCUT2D eigenvalue weighted by Gasteiger charge is 2.63. The lowest BCUT2D eigenvalue weighted by molar-refractivity contribution is -0.305. The first-order chi connectivity index (χ1) is 8.11. The number of carbonyl (C=O) groups is 1. The standard InChI is InChI=1S/C10H5ClF6O/c11-7-3-5(4-18)1-2-6(7)8(12)9(13,14)10(15,16)17/h1-4,8H. The molecule has 0 aliphatic heterocycles. The van der Waals surface area contributed by atoms with Crippen molar-refractivity contribution < 1.29 is 31.1 Å². The van der Waals surface area contributed by atoms with E-state index in [0.717, 1.165) is 12.1 Å². The number of rotatable bonds is 3. The van der Waals surface area contributed by atoms with E-state index in [9.17, 15) is 31.1 Å². The third kappa shape index (κ3) is 2.60. The lowest BCUT2D eigenvalue weighted by atomic mass is 10.0. The molecule has 0 saturated heterocycles. The second-order valence-corrected chi connectivity index (χ2v) is 3.79. The fourth-order valence-corrected chi connectivity index (χ4v) is 1.45. The molecule has 8 heteroatoms. The van der Waals surface area contributed by atoms with Crippen molar-refractivity contribution in [2.45, 2.75) is 18.3 Å². The molecule has 1 rings (SSSR count). The molecule has 0 aliphatic carbocycles. The van der Waals surface area contributed by atoms with Crippen LogP contribution in [0.15, 0.2) is 18.2 Å². The SMILES string of the molecule is O=Cc1ccc(C(F)C(F)(F)C(F)(F)F)c(Cl)c1. The third-order valence-corrected chi connectivity index (χ3v) is 2.46. The molecule has 0 bridgehead atoms. The maximum absolute atomic E-state index is 13.3. The van der Waals surface area contributed by atoms with Gasteiger partial charge in [-0.1, -0.05) is 23.7 Å². The van der Waals surface area contributed by atoms with Crippen LogP contribution >= 0.6 is 11.6 Å². The van der Waals surface area contributed by atoms with Gasteiger partial charge in [0, 0.05) is 16.1 Å². The zero-order chi connectivity index (χ0) is 14.1. The zero-order valence-corrected chi connectivity index (χ0v) is 9.20. The van der Waals surface area contributed by atoms with Gasteiger partial charge in [0.1, 0.15) is 6.29 Å². The fourth-order valence-electron chi connectivity index (χ4n) is 1.16. The molecule has 1 aromatic carbocycles. The quantitative estimate of drug-likeness (QED) is 0.597. The van der Waals surface area contributed by atoms with E-state index in [2.05, 4.69) is 0 Å². The van der Waals surface area contributed by atoms with E-state index in [0.29, 0.717) is 12.4 Å². The molecule has 18 heavy (non-hydrogen) atoms. The molecule has 0 heterocycles. The van der Waals surface area contributed by atoms with E-state index >= 15 is 0 Å². The summed E-state index contributed by atoms with van der Waals surface area (Å²) in [6.07, 6.45) is -9.37. The first-order valence-corrected chi connectivity index (χ1v) is 4.82. The van der Waals surface area contributed by atoms with Crippen LogP contribution in [0.4, 0.5) is 26.3 Å². The largest absolute Gasteiger partial charge is 0.456 e. The van der Waals surface area contributed by atoms with Crippen molar-refractivity contribution in [3.8, 4) is 0 Å². The number of aldehydes is 1. The van der Waals surface area contributed by atoms with Gasteiger partial charge in [0.25, 0.3) is 0 Å². The highest BCUT2D eigenvalue weighted by molar-refractivity contribution is 6.31. The highest BCUT2D eigenvalue weighted by Crippen LogP contribution is 2.47. The predicted molar refractivity (Wildman–Crippen MR) is 51.7 cm³/mol. The summed E-state index contributed by atoms with van der Waals surface area (Å²) in [6, 6.07) is 2.33. The number of hydrogen-bond acceptors (Lipinski definition) is 1. The number of alkyl halides is 6. The van der Waals surface area contributed by atoms with Crippen LogP contribution in [-0.2, 0) is 0 Å². The van der Waals surface area contributed by atoms with Crippen molar-refractivity contribution in [2.24, 2.45) is 0 Å². The second kappa shape index (κ2) is 4.79. The van der Waals surface area contributed by atoms with Crippen LogP contribution in [0.5, 0.6) is 0 Å². The summed E-state index contributed by atoms with van der Waals surface area (Å²) >= 11 is 5.36. The Bertz CT molecular complexity index is 456. The summed E-state index contributed by atoms with van der Waals surface area (Å²) in [7, 11) is 0. The summed E-state index contributed by atoms with van der Waals surface area (Å²) in [4.78, 5) is 10.3. The van der Waals surface area contributed by atoms with Crippen LogP contribution in [0.3, 0.4) is 0 Å². The van der Waals surface area contributed by atoms with Gasteiger partial charge in [0.05, 0.1) is 0 Å². The number of hydrogen-bond donors (Lipinski definition) is 0. The van der Waals surface area contributed by atoms with Crippen LogP contribution in [0, 0.1) is 0 Å². The van der Waals surface area contributed by atoms with E-state index in [4.69, 9.17) is 11.6 Å². The monoisotopic (exact) mass is 290 g/mol. The molecule has 1 nitrogen and oxygen atoms in total. The van der Waals surface area contributed by atoms with Gasteiger partial charge in [-0.05, 0) is 6.07 Å². The molecule has 0 fully saturated rings. The molecule has 0 amide bonds. The summed E-state index contributed by atoms with van der Waals surface area (Å²) in [6.45, 7) is 0. The lowest BCUT2D eigenvalue weighted by Gasteiger charge is -2.23. The van der Waals surface area contributed by atoms with E-state index < -0.39 is 28.9 Å². The van der Waals surface area contributed by atoms with E-state index in [-0.39, 0.29) is 5.56 Å². The third-order valence-electron chi connectivity index (χ3n) is 2.13. The minimum atomic E-state index is -6.03. The molecule has 100 valence electrons. The smallest absolute Gasteiger partial charge is 0.298 e. The average Bonchev–Trinajstić information content (AvgIpc) is 2.26. The normalized spacial score (nSPS) is 14.4. The summed E-state index contributed by atoms with van der Waals surface area (Å²) in [5.74, 6) is -5.56. The van der Waals surface area contributed by atoms with Gasteiger partial charge in [-0.2, -0.15) is 22.0 Å². The molecule has 0 spiro atoms. The Kier molecular flexibility index (Phi) is 3.95. The number of benzene rings is 1. The zero-order valence-electron chi connectivity index (χ0n) is 8.44. The Morgan fingerprint density at radius 2 is 1.72 bits per heavy atom. The fraction of sp³-hybridized carbons (Fsp3) is 0.300. The van der Waals surface area contributed by atoms with Crippen LogP contribution in [0.1, 0.15) is 22.1 Å². The molecule has 1 aromatic rings. The highest BCUT2D eigenvalue weighted by atomic mass is 35.5. The Labute approximate surface area is 102 Å². The van der Waals surface area contributed by atoms with E-state index in [1.54, 1.807) is 0 Å². The Morgan fingerprint density at radius 1 is 1.17 bits per heavy atom. The number of halogens is 7. The molecule has 0 saturated carbocycles. The molecular weight excluding hydrogens is 286 g/mol. The predicted octanol–water partition coefficient (Wildman–Crippen LogP) is 4.36. The summed E-state index contributed by atoms with van der Waals surface area (Å²) in [5.41, 5.74) is -1.09. The summed E-state index contributed by atoms with van der Waals surface area (Å²) < 4.78 is 74.6. The van der Waals surface area contributed by atoms with Gasteiger partial charge in [-0.25, -0.2) is 4.39 Å². The lowest BCUT2D eigenvalue weighted by Crippen LogP contribution is -2.40. The Balaban J connectivity index is 3.19. The Morgan fingerprint density at radius 3 is 2.11 bits per heavy atom. The summed E-state index contributed by atoms with van der Waals surface area (Å²) in [5, 5.41) is -0.670. The van der Waals surface area contributed by atoms with Gasteiger partial charge in [-0.15, -0.1) is 0 Å². The molecule has 1 atom stereocenters. The topological polar surface area (TPSA) is 17.1 Å². The molecule has 0 aromatic heterocycles. The maximum Gasteiger partial charge on any atom is 0.456 e. The maximum atomic E-state index is 13.3. The van der Waals surface area contributed by atoms with Crippen molar-refractivity contribution in [1.29, 1.82) is 0 Å². The van der Waals surface area contributed by atoms with Gasteiger partial charge in [0.15, 0.2) is 6.17 Å². The average molecular weight is 291 g/mol. The van der Waals surface area contributed by atoms with Gasteiger partial charge >= 0.3 is 12.1 Å². The van der Waals surface area contributed by atoms with Crippen molar-refractivity contribution >= 4 is 17.9 Å². The van der Waals surface area contributed by atoms with Crippen LogP contribution in [-0.4, -0.2) is 18.4 Å². The molecule has 0 N–H and O–H groups in total.